The molecule has 5 nitrogen and oxygen atoms in total. The minimum absolute atomic E-state index is 0.291. The maximum absolute atomic E-state index is 13.1. The van der Waals surface area contributed by atoms with Crippen molar-refractivity contribution in [3.63, 3.8) is 0 Å². The summed E-state index contributed by atoms with van der Waals surface area (Å²) in [5.74, 6) is 2.59. The fourth-order valence-corrected chi connectivity index (χ4v) is 4.48. The number of rotatable bonds is 6. The standard InChI is InChI=1S/C21H30N2O3/c24-21(9-7-16-10-11-22-13-16)23(18-4-2-1-3-5-18)14-17-6-8-19-20(12-17)26-15-25-19/h6,8,12,16,18,22H,1-5,7,9-11,13-15H2. The van der Waals surface area contributed by atoms with Gasteiger partial charge in [0, 0.05) is 19.0 Å². The number of hydrogen-bond donors (Lipinski definition) is 1. The van der Waals surface area contributed by atoms with Crippen molar-refractivity contribution in [3.8, 4) is 11.5 Å². The molecule has 0 radical (unpaired) electrons. The number of hydrogen-bond acceptors (Lipinski definition) is 4. The van der Waals surface area contributed by atoms with Gasteiger partial charge in [-0.25, -0.2) is 0 Å². The first-order chi connectivity index (χ1) is 12.8. The molecule has 0 spiro atoms. The number of fused-ring (bicyclic) bond motifs is 1. The van der Waals surface area contributed by atoms with Crippen LogP contribution in [0.5, 0.6) is 11.5 Å². The van der Waals surface area contributed by atoms with E-state index in [4.69, 9.17) is 9.47 Å². The first kappa shape index (κ1) is 17.7. The summed E-state index contributed by atoms with van der Waals surface area (Å²) in [6, 6.07) is 6.46. The van der Waals surface area contributed by atoms with Gasteiger partial charge >= 0.3 is 0 Å². The highest BCUT2D eigenvalue weighted by molar-refractivity contribution is 5.76. The molecule has 5 heteroatoms. The number of ether oxygens (including phenoxy) is 2. The zero-order valence-electron chi connectivity index (χ0n) is 15.5. The molecule has 2 fully saturated rings. The Labute approximate surface area is 156 Å². The van der Waals surface area contributed by atoms with Gasteiger partial charge in [-0.2, -0.15) is 0 Å². The van der Waals surface area contributed by atoms with Gasteiger partial charge in [0.2, 0.25) is 12.7 Å². The van der Waals surface area contributed by atoms with Crippen LogP contribution in [-0.2, 0) is 11.3 Å². The number of nitrogens with one attached hydrogen (secondary N) is 1. The summed E-state index contributed by atoms with van der Waals surface area (Å²) in [6.07, 6.45) is 8.95. The maximum Gasteiger partial charge on any atom is 0.231 e. The van der Waals surface area contributed by atoms with Crippen molar-refractivity contribution >= 4 is 5.91 Å². The van der Waals surface area contributed by atoms with Crippen molar-refractivity contribution in [3.05, 3.63) is 23.8 Å². The zero-order chi connectivity index (χ0) is 17.8. The summed E-state index contributed by atoms with van der Waals surface area (Å²) in [4.78, 5) is 15.2. The predicted octanol–water partition coefficient (Wildman–Crippen LogP) is 3.47. The molecule has 142 valence electrons. The molecule has 4 rings (SSSR count). The number of nitrogens with zero attached hydrogens (tertiary/aromatic N) is 1. The Morgan fingerprint density at radius 3 is 2.77 bits per heavy atom. The molecule has 1 N–H and O–H groups in total. The first-order valence-electron chi connectivity index (χ1n) is 10.2. The van der Waals surface area contributed by atoms with Gasteiger partial charge in [0.25, 0.3) is 0 Å². The molecule has 1 aromatic rings. The second kappa shape index (κ2) is 8.30. The van der Waals surface area contributed by atoms with Gasteiger partial charge in [-0.15, -0.1) is 0 Å². The van der Waals surface area contributed by atoms with Gasteiger partial charge in [-0.1, -0.05) is 25.3 Å². The Hall–Kier alpha value is -1.75. The van der Waals surface area contributed by atoms with E-state index in [1.165, 1.54) is 25.7 Å². The third-order valence-electron chi connectivity index (χ3n) is 6.05. The molecule has 1 aliphatic carbocycles. The average molecular weight is 358 g/mol. The highest BCUT2D eigenvalue weighted by Crippen LogP contribution is 2.34. The highest BCUT2D eigenvalue weighted by atomic mass is 16.7. The van der Waals surface area contributed by atoms with Crippen LogP contribution in [0.1, 0.15) is 56.9 Å². The molecular formula is C21H30N2O3. The van der Waals surface area contributed by atoms with Crippen LogP contribution in [0, 0.1) is 5.92 Å². The minimum atomic E-state index is 0.291. The Morgan fingerprint density at radius 1 is 1.12 bits per heavy atom. The molecule has 1 aromatic carbocycles. The van der Waals surface area contributed by atoms with E-state index in [1.54, 1.807) is 0 Å². The normalized spacial score (nSPS) is 22.5. The fourth-order valence-electron chi connectivity index (χ4n) is 4.48. The molecule has 26 heavy (non-hydrogen) atoms. The van der Waals surface area contributed by atoms with E-state index >= 15 is 0 Å². The van der Waals surface area contributed by atoms with Crippen LogP contribution in [-0.4, -0.2) is 36.7 Å². The molecule has 1 atom stereocenters. The SMILES string of the molecule is O=C(CCC1CCNC1)N(Cc1ccc2c(c1)OCO2)C1CCCCC1. The van der Waals surface area contributed by atoms with E-state index in [9.17, 15) is 4.79 Å². The van der Waals surface area contributed by atoms with E-state index in [1.807, 2.05) is 12.1 Å². The number of benzene rings is 1. The van der Waals surface area contributed by atoms with Crippen LogP contribution in [0.25, 0.3) is 0 Å². The molecule has 2 heterocycles. The molecule has 1 saturated heterocycles. The molecule has 0 aromatic heterocycles. The largest absolute Gasteiger partial charge is 0.454 e. The van der Waals surface area contributed by atoms with Crippen LogP contribution >= 0.6 is 0 Å². The van der Waals surface area contributed by atoms with Crippen LogP contribution in [0.3, 0.4) is 0 Å². The maximum atomic E-state index is 13.1. The number of carbonyl (C=O) groups excluding carboxylic acids is 1. The van der Waals surface area contributed by atoms with E-state index in [0.29, 0.717) is 37.6 Å². The summed E-state index contributed by atoms with van der Waals surface area (Å²) in [5.41, 5.74) is 1.13. The van der Waals surface area contributed by atoms with Crippen LogP contribution in [0.2, 0.25) is 0 Å². The summed E-state index contributed by atoms with van der Waals surface area (Å²) in [5, 5.41) is 3.40. The monoisotopic (exact) mass is 358 g/mol. The lowest BCUT2D eigenvalue weighted by Gasteiger charge is -2.35. The molecule has 1 saturated carbocycles. The lowest BCUT2D eigenvalue weighted by Crippen LogP contribution is -2.41. The van der Waals surface area contributed by atoms with E-state index in [0.717, 1.165) is 49.4 Å². The summed E-state index contributed by atoms with van der Waals surface area (Å²) in [6.45, 7) is 3.14. The van der Waals surface area contributed by atoms with Crippen molar-refractivity contribution in [2.75, 3.05) is 19.9 Å². The Morgan fingerprint density at radius 2 is 1.96 bits per heavy atom. The minimum Gasteiger partial charge on any atom is -0.454 e. The predicted molar refractivity (Wildman–Crippen MR) is 100 cm³/mol. The highest BCUT2D eigenvalue weighted by Gasteiger charge is 2.27. The van der Waals surface area contributed by atoms with Gasteiger partial charge in [0.05, 0.1) is 0 Å². The Kier molecular flexibility index (Phi) is 5.63. The van der Waals surface area contributed by atoms with E-state index in [-0.39, 0.29) is 0 Å². The van der Waals surface area contributed by atoms with Crippen molar-refractivity contribution in [1.29, 1.82) is 0 Å². The van der Waals surface area contributed by atoms with Gasteiger partial charge in [0.1, 0.15) is 0 Å². The smallest absolute Gasteiger partial charge is 0.231 e. The van der Waals surface area contributed by atoms with Crippen LogP contribution < -0.4 is 14.8 Å². The summed E-state index contributed by atoms with van der Waals surface area (Å²) >= 11 is 0. The third-order valence-corrected chi connectivity index (χ3v) is 6.05. The second-order valence-electron chi connectivity index (χ2n) is 7.90. The van der Waals surface area contributed by atoms with Gasteiger partial charge in [0.15, 0.2) is 11.5 Å². The lowest BCUT2D eigenvalue weighted by atomic mass is 9.93. The topological polar surface area (TPSA) is 50.8 Å². The quantitative estimate of drug-likeness (QED) is 0.846. The summed E-state index contributed by atoms with van der Waals surface area (Å²) < 4.78 is 10.9. The molecule has 1 unspecified atom stereocenters. The fraction of sp³-hybridized carbons (Fsp3) is 0.667. The molecule has 1 amide bonds. The zero-order valence-corrected chi connectivity index (χ0v) is 15.5. The Bertz CT molecular complexity index is 622. The third kappa shape index (κ3) is 4.14. The van der Waals surface area contributed by atoms with E-state index < -0.39 is 0 Å². The molecule has 2 aliphatic heterocycles. The second-order valence-corrected chi connectivity index (χ2v) is 7.90. The molecule has 3 aliphatic rings. The molecular weight excluding hydrogens is 328 g/mol. The lowest BCUT2D eigenvalue weighted by molar-refractivity contribution is -0.135. The van der Waals surface area contributed by atoms with Crippen molar-refractivity contribution in [2.24, 2.45) is 5.92 Å². The van der Waals surface area contributed by atoms with Crippen LogP contribution in [0.4, 0.5) is 0 Å². The summed E-state index contributed by atoms with van der Waals surface area (Å²) in [7, 11) is 0. The number of carbonyl (C=O) groups is 1. The Balaban J connectivity index is 1.43. The van der Waals surface area contributed by atoms with Crippen molar-refractivity contribution in [1.82, 2.24) is 10.2 Å². The van der Waals surface area contributed by atoms with Crippen molar-refractivity contribution < 1.29 is 14.3 Å². The van der Waals surface area contributed by atoms with Crippen molar-refractivity contribution in [2.45, 2.75) is 64.0 Å². The average Bonchev–Trinajstić information content (AvgIpc) is 3.36. The van der Waals surface area contributed by atoms with Gasteiger partial charge < -0.3 is 19.7 Å². The number of amides is 1. The van der Waals surface area contributed by atoms with Gasteiger partial charge in [-0.3, -0.25) is 4.79 Å². The van der Waals surface area contributed by atoms with Crippen LogP contribution in [0.15, 0.2) is 18.2 Å². The van der Waals surface area contributed by atoms with Gasteiger partial charge in [-0.05, 0) is 62.4 Å². The first-order valence-corrected chi connectivity index (χ1v) is 10.2. The van der Waals surface area contributed by atoms with E-state index in [2.05, 4.69) is 16.3 Å². The molecule has 0 bridgehead atoms.